The molecular weight excluding hydrogens is 297 g/mol. The van der Waals surface area contributed by atoms with Crippen LogP contribution in [0.2, 0.25) is 0 Å². The summed E-state index contributed by atoms with van der Waals surface area (Å²) in [7, 11) is 0. The maximum Gasteiger partial charge on any atom is 0.320 e. The number of pyridine rings is 1. The molecule has 0 radical (unpaired) electrons. The molecule has 128 valence electrons. The molecule has 1 aromatic rings. The molecule has 0 aliphatic carbocycles. The van der Waals surface area contributed by atoms with Crippen molar-refractivity contribution in [2.75, 3.05) is 51.1 Å². The summed E-state index contributed by atoms with van der Waals surface area (Å²) in [5.74, 6) is 0.287. The van der Waals surface area contributed by atoms with Crippen LogP contribution in [0.3, 0.4) is 0 Å². The van der Waals surface area contributed by atoms with Gasteiger partial charge in [-0.05, 0) is 24.6 Å². The summed E-state index contributed by atoms with van der Waals surface area (Å²) < 4.78 is 12.7. The first kappa shape index (κ1) is 17.6. The SMILES string of the molecule is CCN1CCN(C[C@@H](C)CNC(=O)Nc2ccc(F)cn2)CC1. The van der Waals surface area contributed by atoms with Crippen molar-refractivity contribution in [1.82, 2.24) is 20.1 Å². The maximum absolute atomic E-state index is 12.7. The number of nitrogens with one attached hydrogen (secondary N) is 2. The van der Waals surface area contributed by atoms with E-state index < -0.39 is 5.82 Å². The Labute approximate surface area is 137 Å². The number of amides is 2. The monoisotopic (exact) mass is 323 g/mol. The van der Waals surface area contributed by atoms with E-state index in [1.54, 1.807) is 0 Å². The molecule has 2 heterocycles. The van der Waals surface area contributed by atoms with Crippen molar-refractivity contribution in [2.45, 2.75) is 13.8 Å². The number of anilines is 1. The molecule has 2 amide bonds. The number of aromatic nitrogens is 1. The molecule has 7 heteroatoms. The third kappa shape index (κ3) is 6.11. The van der Waals surface area contributed by atoms with Gasteiger partial charge in [0.05, 0.1) is 6.20 Å². The minimum Gasteiger partial charge on any atom is -0.338 e. The first-order valence-corrected chi connectivity index (χ1v) is 8.18. The minimum atomic E-state index is -0.423. The Morgan fingerprint density at radius 3 is 2.61 bits per heavy atom. The van der Waals surface area contributed by atoms with Gasteiger partial charge >= 0.3 is 6.03 Å². The number of hydrogen-bond donors (Lipinski definition) is 2. The first-order valence-electron chi connectivity index (χ1n) is 8.18. The second-order valence-electron chi connectivity index (χ2n) is 6.04. The van der Waals surface area contributed by atoms with Crippen LogP contribution in [0.5, 0.6) is 0 Å². The highest BCUT2D eigenvalue weighted by molar-refractivity contribution is 5.88. The molecule has 0 unspecified atom stereocenters. The fourth-order valence-electron chi connectivity index (χ4n) is 2.67. The van der Waals surface area contributed by atoms with E-state index in [2.05, 4.69) is 39.3 Å². The third-order valence-electron chi connectivity index (χ3n) is 4.06. The normalized spacial score (nSPS) is 17.7. The van der Waals surface area contributed by atoms with Crippen LogP contribution in [0.1, 0.15) is 13.8 Å². The Hall–Kier alpha value is -1.73. The van der Waals surface area contributed by atoms with Gasteiger partial charge in [-0.2, -0.15) is 0 Å². The molecule has 0 aromatic carbocycles. The third-order valence-corrected chi connectivity index (χ3v) is 4.06. The molecule has 1 atom stereocenters. The Bertz CT molecular complexity index is 488. The summed E-state index contributed by atoms with van der Waals surface area (Å²) in [6.45, 7) is 11.4. The van der Waals surface area contributed by atoms with Crippen molar-refractivity contribution in [2.24, 2.45) is 5.92 Å². The van der Waals surface area contributed by atoms with Gasteiger partial charge < -0.3 is 15.1 Å². The highest BCUT2D eigenvalue weighted by Gasteiger charge is 2.17. The van der Waals surface area contributed by atoms with Crippen molar-refractivity contribution in [3.63, 3.8) is 0 Å². The standard InChI is InChI=1S/C16H26FN5O/c1-3-21-6-8-22(9-7-21)12-13(2)10-19-16(23)20-15-5-4-14(17)11-18-15/h4-5,11,13H,3,6-10,12H2,1-2H3,(H2,18,19,20,23)/t13-/m0/s1. The molecule has 2 N–H and O–H groups in total. The maximum atomic E-state index is 12.7. The Balaban J connectivity index is 1.64. The van der Waals surface area contributed by atoms with Crippen molar-refractivity contribution < 1.29 is 9.18 Å². The van der Waals surface area contributed by atoms with Gasteiger partial charge in [-0.25, -0.2) is 14.2 Å². The van der Waals surface area contributed by atoms with E-state index in [4.69, 9.17) is 0 Å². The van der Waals surface area contributed by atoms with Crippen LogP contribution in [0.4, 0.5) is 15.0 Å². The summed E-state index contributed by atoms with van der Waals surface area (Å²) in [6, 6.07) is 2.39. The molecule has 23 heavy (non-hydrogen) atoms. The highest BCUT2D eigenvalue weighted by atomic mass is 19.1. The van der Waals surface area contributed by atoms with Crippen LogP contribution >= 0.6 is 0 Å². The number of carbonyl (C=O) groups is 1. The molecule has 1 aliphatic heterocycles. The summed E-state index contributed by atoms with van der Waals surface area (Å²) in [4.78, 5) is 20.5. The molecule has 0 saturated carbocycles. The molecular formula is C16H26FN5O. The van der Waals surface area contributed by atoms with E-state index in [0.29, 0.717) is 18.3 Å². The minimum absolute atomic E-state index is 0.313. The van der Waals surface area contributed by atoms with Crippen molar-refractivity contribution in [3.8, 4) is 0 Å². The molecule has 1 fully saturated rings. The van der Waals surface area contributed by atoms with Crippen LogP contribution in [0.15, 0.2) is 18.3 Å². The van der Waals surface area contributed by atoms with Crippen molar-refractivity contribution >= 4 is 11.8 Å². The lowest BCUT2D eigenvalue weighted by atomic mass is 10.1. The van der Waals surface area contributed by atoms with Gasteiger partial charge in [-0.1, -0.05) is 13.8 Å². The lowest BCUT2D eigenvalue weighted by Gasteiger charge is -2.35. The lowest BCUT2D eigenvalue weighted by Crippen LogP contribution is -2.48. The molecule has 0 spiro atoms. The molecule has 1 aliphatic rings. The van der Waals surface area contributed by atoms with Crippen LogP contribution in [0, 0.1) is 11.7 Å². The fourth-order valence-corrected chi connectivity index (χ4v) is 2.67. The van der Waals surface area contributed by atoms with E-state index in [0.717, 1.165) is 45.5 Å². The summed E-state index contributed by atoms with van der Waals surface area (Å²) in [5, 5.41) is 5.43. The first-order chi connectivity index (χ1) is 11.1. The van der Waals surface area contributed by atoms with Gasteiger partial charge in [0, 0.05) is 39.3 Å². The van der Waals surface area contributed by atoms with Crippen LogP contribution in [-0.2, 0) is 0 Å². The van der Waals surface area contributed by atoms with E-state index in [-0.39, 0.29) is 6.03 Å². The number of nitrogens with zero attached hydrogens (tertiary/aromatic N) is 3. The Morgan fingerprint density at radius 1 is 1.30 bits per heavy atom. The average Bonchev–Trinajstić information content (AvgIpc) is 2.56. The fraction of sp³-hybridized carbons (Fsp3) is 0.625. The van der Waals surface area contributed by atoms with Gasteiger partial charge in [0.1, 0.15) is 11.6 Å². The largest absolute Gasteiger partial charge is 0.338 e. The van der Waals surface area contributed by atoms with Gasteiger partial charge in [0.2, 0.25) is 0 Å². The van der Waals surface area contributed by atoms with Gasteiger partial charge in [-0.3, -0.25) is 5.32 Å². The highest BCUT2D eigenvalue weighted by Crippen LogP contribution is 2.06. The number of carbonyl (C=O) groups excluding carboxylic acids is 1. The second-order valence-corrected chi connectivity index (χ2v) is 6.04. The Kier molecular flexibility index (Phi) is 6.73. The molecule has 6 nitrogen and oxygen atoms in total. The summed E-state index contributed by atoms with van der Waals surface area (Å²) in [6.07, 6.45) is 1.08. The van der Waals surface area contributed by atoms with E-state index in [9.17, 15) is 9.18 Å². The number of rotatable bonds is 6. The van der Waals surface area contributed by atoms with Gasteiger partial charge in [0.15, 0.2) is 0 Å². The zero-order chi connectivity index (χ0) is 16.7. The van der Waals surface area contributed by atoms with E-state index >= 15 is 0 Å². The number of urea groups is 1. The topological polar surface area (TPSA) is 60.5 Å². The number of hydrogen-bond acceptors (Lipinski definition) is 4. The van der Waals surface area contributed by atoms with Gasteiger partial charge in [-0.15, -0.1) is 0 Å². The Morgan fingerprint density at radius 2 is 2.00 bits per heavy atom. The summed E-state index contributed by atoms with van der Waals surface area (Å²) >= 11 is 0. The number of likely N-dealkylation sites (N-methyl/N-ethyl adjacent to an activating group) is 1. The predicted molar refractivity (Wildman–Crippen MR) is 88.9 cm³/mol. The molecule has 2 rings (SSSR count). The van der Waals surface area contributed by atoms with Crippen LogP contribution < -0.4 is 10.6 Å². The summed E-state index contributed by atoms with van der Waals surface area (Å²) in [5.41, 5.74) is 0. The zero-order valence-corrected chi connectivity index (χ0v) is 13.9. The number of halogens is 1. The van der Waals surface area contributed by atoms with Crippen molar-refractivity contribution in [1.29, 1.82) is 0 Å². The molecule has 0 bridgehead atoms. The zero-order valence-electron chi connectivity index (χ0n) is 13.9. The molecule has 1 saturated heterocycles. The lowest BCUT2D eigenvalue weighted by molar-refractivity contribution is 0.124. The number of piperazine rings is 1. The van der Waals surface area contributed by atoms with Crippen LogP contribution in [-0.4, -0.2) is 66.6 Å². The smallest absolute Gasteiger partial charge is 0.320 e. The van der Waals surface area contributed by atoms with Crippen molar-refractivity contribution in [3.05, 3.63) is 24.1 Å². The molecule has 1 aromatic heterocycles. The van der Waals surface area contributed by atoms with Gasteiger partial charge in [0.25, 0.3) is 0 Å². The second kappa shape index (κ2) is 8.79. The quantitative estimate of drug-likeness (QED) is 0.835. The predicted octanol–water partition coefficient (Wildman–Crippen LogP) is 1.62. The van der Waals surface area contributed by atoms with E-state index in [1.807, 2.05) is 0 Å². The average molecular weight is 323 g/mol. The van der Waals surface area contributed by atoms with Crippen LogP contribution in [0.25, 0.3) is 0 Å². The van der Waals surface area contributed by atoms with E-state index in [1.165, 1.54) is 12.1 Å².